The maximum Gasteiger partial charge on any atom is 0.227 e. The van der Waals surface area contributed by atoms with Crippen LogP contribution in [0.1, 0.15) is 27.9 Å². The molecule has 0 saturated heterocycles. The van der Waals surface area contributed by atoms with Crippen LogP contribution in [0.2, 0.25) is 0 Å². The molecular formula is C20H20N2O3S. The molecule has 3 rings (SSSR count). The van der Waals surface area contributed by atoms with E-state index >= 15 is 0 Å². The zero-order valence-electron chi connectivity index (χ0n) is 15.0. The van der Waals surface area contributed by atoms with Gasteiger partial charge in [0, 0.05) is 18.2 Å². The molecule has 0 N–H and O–H groups in total. The topological polar surface area (TPSA) is 59.5 Å². The zero-order valence-corrected chi connectivity index (χ0v) is 15.8. The van der Waals surface area contributed by atoms with Crippen LogP contribution in [-0.4, -0.2) is 35.7 Å². The Kier molecular flexibility index (Phi) is 5.32. The minimum atomic E-state index is -0.0525. The van der Waals surface area contributed by atoms with Crippen molar-refractivity contribution >= 4 is 33.2 Å². The molecule has 5 nitrogen and oxygen atoms in total. The van der Waals surface area contributed by atoms with E-state index in [4.69, 9.17) is 4.74 Å². The molecule has 0 atom stereocenters. The number of thiazole rings is 1. The quantitative estimate of drug-likeness (QED) is 0.623. The standard InChI is InChI=1S/C20H20N2O3S/c1-13(23)14-8-9-17(25-3)15(10-14)11-20(24)22(2)12-19-21-16-6-4-5-7-18(16)26-19/h4-10H,11-12H2,1-3H3. The molecular weight excluding hydrogens is 348 g/mol. The summed E-state index contributed by atoms with van der Waals surface area (Å²) < 4.78 is 6.44. The summed E-state index contributed by atoms with van der Waals surface area (Å²) in [6.45, 7) is 1.96. The van der Waals surface area contributed by atoms with Crippen molar-refractivity contribution in [3.8, 4) is 5.75 Å². The summed E-state index contributed by atoms with van der Waals surface area (Å²) in [7, 11) is 3.32. The summed E-state index contributed by atoms with van der Waals surface area (Å²) in [5, 5.41) is 0.895. The van der Waals surface area contributed by atoms with Gasteiger partial charge in [-0.15, -0.1) is 11.3 Å². The third kappa shape index (κ3) is 3.91. The maximum atomic E-state index is 12.6. The molecule has 26 heavy (non-hydrogen) atoms. The van der Waals surface area contributed by atoms with E-state index in [1.54, 1.807) is 48.6 Å². The summed E-state index contributed by atoms with van der Waals surface area (Å²) in [5.41, 5.74) is 2.23. The van der Waals surface area contributed by atoms with E-state index in [9.17, 15) is 9.59 Å². The number of ether oxygens (including phenoxy) is 1. The van der Waals surface area contributed by atoms with Gasteiger partial charge in [-0.3, -0.25) is 9.59 Å². The van der Waals surface area contributed by atoms with Crippen LogP contribution in [0.15, 0.2) is 42.5 Å². The van der Waals surface area contributed by atoms with Gasteiger partial charge >= 0.3 is 0 Å². The fourth-order valence-electron chi connectivity index (χ4n) is 2.71. The molecule has 6 heteroatoms. The third-order valence-corrected chi connectivity index (χ3v) is 5.19. The average molecular weight is 368 g/mol. The number of amides is 1. The van der Waals surface area contributed by atoms with Crippen molar-refractivity contribution in [1.82, 2.24) is 9.88 Å². The van der Waals surface area contributed by atoms with Gasteiger partial charge in [0.15, 0.2) is 5.78 Å². The number of rotatable bonds is 6. The van der Waals surface area contributed by atoms with Crippen molar-refractivity contribution in [3.63, 3.8) is 0 Å². The highest BCUT2D eigenvalue weighted by Crippen LogP contribution is 2.24. The lowest BCUT2D eigenvalue weighted by Gasteiger charge is -2.17. The van der Waals surface area contributed by atoms with Crippen LogP contribution >= 0.6 is 11.3 Å². The number of aromatic nitrogens is 1. The first-order chi connectivity index (χ1) is 12.5. The van der Waals surface area contributed by atoms with Crippen LogP contribution in [0, 0.1) is 0 Å². The number of benzene rings is 2. The second-order valence-electron chi connectivity index (χ2n) is 6.08. The number of methoxy groups -OCH3 is 1. The lowest BCUT2D eigenvalue weighted by molar-refractivity contribution is -0.129. The molecule has 3 aromatic rings. The van der Waals surface area contributed by atoms with E-state index in [0.29, 0.717) is 23.4 Å². The van der Waals surface area contributed by atoms with Crippen LogP contribution in [0.4, 0.5) is 0 Å². The Balaban J connectivity index is 1.74. The van der Waals surface area contributed by atoms with E-state index in [2.05, 4.69) is 4.98 Å². The highest BCUT2D eigenvalue weighted by Gasteiger charge is 2.16. The molecule has 0 bridgehead atoms. The summed E-state index contributed by atoms with van der Waals surface area (Å²) in [5.74, 6) is 0.518. The number of para-hydroxylation sites is 1. The molecule has 134 valence electrons. The predicted molar refractivity (Wildman–Crippen MR) is 103 cm³/mol. The van der Waals surface area contributed by atoms with E-state index in [1.165, 1.54) is 6.92 Å². The van der Waals surface area contributed by atoms with Crippen molar-refractivity contribution in [2.75, 3.05) is 14.2 Å². The highest BCUT2D eigenvalue weighted by atomic mass is 32.1. The molecule has 0 aliphatic heterocycles. The lowest BCUT2D eigenvalue weighted by Crippen LogP contribution is -2.27. The Morgan fingerprint density at radius 2 is 1.96 bits per heavy atom. The number of likely N-dealkylation sites (N-methyl/N-ethyl adjacent to an activating group) is 1. The number of carbonyl (C=O) groups is 2. The van der Waals surface area contributed by atoms with Crippen molar-refractivity contribution in [2.45, 2.75) is 19.9 Å². The van der Waals surface area contributed by atoms with Gasteiger partial charge in [-0.05, 0) is 37.3 Å². The summed E-state index contributed by atoms with van der Waals surface area (Å²) in [4.78, 5) is 30.5. The molecule has 0 spiro atoms. The number of hydrogen-bond acceptors (Lipinski definition) is 5. The first kappa shape index (κ1) is 18.1. The van der Waals surface area contributed by atoms with Crippen LogP contribution in [0.3, 0.4) is 0 Å². The van der Waals surface area contributed by atoms with Crippen LogP contribution in [0.5, 0.6) is 5.75 Å². The van der Waals surface area contributed by atoms with E-state index in [-0.39, 0.29) is 18.1 Å². The number of carbonyl (C=O) groups excluding carboxylic acids is 2. The molecule has 0 saturated carbocycles. The van der Waals surface area contributed by atoms with Gasteiger partial charge in [0.05, 0.1) is 30.3 Å². The molecule has 0 radical (unpaired) electrons. The molecule has 1 heterocycles. The zero-order chi connectivity index (χ0) is 18.7. The predicted octanol–water partition coefficient (Wildman–Crippen LogP) is 3.71. The monoisotopic (exact) mass is 368 g/mol. The van der Waals surface area contributed by atoms with Crippen LogP contribution in [0.25, 0.3) is 10.2 Å². The van der Waals surface area contributed by atoms with Crippen molar-refractivity contribution < 1.29 is 14.3 Å². The molecule has 1 amide bonds. The Morgan fingerprint density at radius 3 is 2.65 bits per heavy atom. The molecule has 0 unspecified atom stereocenters. The lowest BCUT2D eigenvalue weighted by atomic mass is 10.0. The van der Waals surface area contributed by atoms with Gasteiger partial charge in [-0.25, -0.2) is 4.98 Å². The van der Waals surface area contributed by atoms with Gasteiger partial charge in [-0.1, -0.05) is 12.1 Å². The molecule has 1 aromatic heterocycles. The second kappa shape index (κ2) is 7.66. The summed E-state index contributed by atoms with van der Waals surface area (Å²) in [6, 6.07) is 13.1. The molecule has 0 aliphatic carbocycles. The fraction of sp³-hybridized carbons (Fsp3) is 0.250. The Morgan fingerprint density at radius 1 is 1.19 bits per heavy atom. The van der Waals surface area contributed by atoms with Gasteiger partial charge in [0.2, 0.25) is 5.91 Å². The maximum absolute atomic E-state index is 12.6. The van der Waals surface area contributed by atoms with E-state index < -0.39 is 0 Å². The molecule has 2 aromatic carbocycles. The Labute approximate surface area is 156 Å². The Hall–Kier alpha value is -2.73. The van der Waals surface area contributed by atoms with Crippen molar-refractivity contribution in [2.24, 2.45) is 0 Å². The largest absolute Gasteiger partial charge is 0.496 e. The van der Waals surface area contributed by atoms with E-state index in [1.807, 2.05) is 24.3 Å². The van der Waals surface area contributed by atoms with Crippen molar-refractivity contribution in [1.29, 1.82) is 0 Å². The first-order valence-corrected chi connectivity index (χ1v) is 9.06. The normalized spacial score (nSPS) is 10.7. The number of nitrogens with zero attached hydrogens (tertiary/aromatic N) is 2. The second-order valence-corrected chi connectivity index (χ2v) is 7.20. The van der Waals surface area contributed by atoms with Crippen LogP contribution in [-0.2, 0) is 17.8 Å². The molecule has 0 aliphatic rings. The minimum Gasteiger partial charge on any atom is -0.496 e. The average Bonchev–Trinajstić information content (AvgIpc) is 3.03. The SMILES string of the molecule is COc1ccc(C(C)=O)cc1CC(=O)N(C)Cc1nc2ccccc2s1. The fourth-order valence-corrected chi connectivity index (χ4v) is 3.73. The number of ketones is 1. The third-order valence-electron chi connectivity index (χ3n) is 4.16. The van der Waals surface area contributed by atoms with Crippen molar-refractivity contribution in [3.05, 3.63) is 58.6 Å². The highest BCUT2D eigenvalue weighted by molar-refractivity contribution is 7.18. The number of fused-ring (bicyclic) bond motifs is 1. The smallest absolute Gasteiger partial charge is 0.227 e. The summed E-state index contributed by atoms with van der Waals surface area (Å²) in [6.07, 6.45) is 0.172. The minimum absolute atomic E-state index is 0.0378. The van der Waals surface area contributed by atoms with Gasteiger partial charge in [-0.2, -0.15) is 0 Å². The molecule has 0 fully saturated rings. The number of Topliss-reactive ketones (excluding diaryl/α,β-unsaturated/α-hetero) is 1. The summed E-state index contributed by atoms with van der Waals surface area (Å²) >= 11 is 1.59. The van der Waals surface area contributed by atoms with Crippen LogP contribution < -0.4 is 4.74 Å². The first-order valence-electron chi connectivity index (χ1n) is 8.24. The van der Waals surface area contributed by atoms with E-state index in [0.717, 1.165) is 15.2 Å². The van der Waals surface area contributed by atoms with Gasteiger partial charge < -0.3 is 9.64 Å². The number of hydrogen-bond donors (Lipinski definition) is 0. The van der Waals surface area contributed by atoms with Gasteiger partial charge in [0.25, 0.3) is 0 Å². The van der Waals surface area contributed by atoms with Gasteiger partial charge in [0.1, 0.15) is 10.8 Å². The Bertz CT molecular complexity index is 932.